The monoisotopic (exact) mass is 308 g/mol. The molecule has 0 spiro atoms. The molecule has 108 valence electrons. The molecule has 1 heterocycles. The van der Waals surface area contributed by atoms with E-state index in [4.69, 9.17) is 5.73 Å². The van der Waals surface area contributed by atoms with E-state index in [1.165, 1.54) is 10.5 Å². The van der Waals surface area contributed by atoms with E-state index in [0.29, 0.717) is 6.54 Å². The Morgan fingerprint density at radius 2 is 1.75 bits per heavy atom. The van der Waals surface area contributed by atoms with Crippen LogP contribution in [0.4, 0.5) is 0 Å². The van der Waals surface area contributed by atoms with Gasteiger partial charge in [0.05, 0.1) is 0 Å². The molecule has 1 aromatic carbocycles. The van der Waals surface area contributed by atoms with Crippen LogP contribution in [-0.4, -0.2) is 32.8 Å². The van der Waals surface area contributed by atoms with E-state index < -0.39 is 0 Å². The number of nitrogens with two attached hydrogens (primary N) is 1. The molecule has 6 heteroatoms. The lowest BCUT2D eigenvalue weighted by molar-refractivity contribution is 0.627. The van der Waals surface area contributed by atoms with Crippen LogP contribution < -0.4 is 5.73 Å². The molecule has 2 N–H and O–H groups in total. The Hall–Kier alpha value is -0.980. The zero-order chi connectivity index (χ0) is 14.4. The van der Waals surface area contributed by atoms with Gasteiger partial charge < -0.3 is 10.3 Å². The van der Waals surface area contributed by atoms with Crippen molar-refractivity contribution in [2.75, 3.05) is 18.1 Å². The number of nitrogens with zero attached hydrogens (tertiary/aromatic N) is 3. The van der Waals surface area contributed by atoms with Crippen molar-refractivity contribution in [2.45, 2.75) is 30.4 Å². The lowest BCUT2D eigenvalue weighted by Gasteiger charge is -2.06. The highest BCUT2D eigenvalue weighted by atomic mass is 32.2. The van der Waals surface area contributed by atoms with Gasteiger partial charge in [-0.1, -0.05) is 29.5 Å². The Labute approximate surface area is 128 Å². The van der Waals surface area contributed by atoms with Gasteiger partial charge in [0.25, 0.3) is 0 Å². The van der Waals surface area contributed by atoms with E-state index in [1.807, 2.05) is 18.7 Å². The van der Waals surface area contributed by atoms with Gasteiger partial charge in [-0.05, 0) is 26.0 Å². The van der Waals surface area contributed by atoms with Crippen LogP contribution in [0.5, 0.6) is 0 Å². The van der Waals surface area contributed by atoms with Gasteiger partial charge in [0, 0.05) is 29.5 Å². The Morgan fingerprint density at radius 1 is 1.05 bits per heavy atom. The quantitative estimate of drug-likeness (QED) is 0.629. The third-order valence-corrected chi connectivity index (χ3v) is 5.10. The number of hydrogen-bond acceptors (Lipinski definition) is 5. The second-order valence-corrected chi connectivity index (χ2v) is 6.71. The minimum absolute atomic E-state index is 0.616. The zero-order valence-electron chi connectivity index (χ0n) is 11.9. The van der Waals surface area contributed by atoms with Gasteiger partial charge in [-0.15, -0.1) is 22.0 Å². The van der Waals surface area contributed by atoms with Crippen molar-refractivity contribution < 1.29 is 0 Å². The largest absolute Gasteiger partial charge is 0.329 e. The third-order valence-electron chi connectivity index (χ3n) is 2.86. The molecule has 0 radical (unpaired) electrons. The number of benzene rings is 1. The minimum atomic E-state index is 0.616. The highest BCUT2D eigenvalue weighted by Crippen LogP contribution is 2.22. The Bertz CT molecular complexity index is 537. The molecule has 0 saturated carbocycles. The van der Waals surface area contributed by atoms with E-state index in [-0.39, 0.29) is 0 Å². The average molecular weight is 308 g/mol. The summed E-state index contributed by atoms with van der Waals surface area (Å²) >= 11 is 3.61. The van der Waals surface area contributed by atoms with Gasteiger partial charge in [-0.3, -0.25) is 0 Å². The summed E-state index contributed by atoms with van der Waals surface area (Å²) in [6.07, 6.45) is 0. The first-order valence-corrected chi connectivity index (χ1v) is 8.60. The standard InChI is InChI=1S/C14H20N4S2/c1-11-3-5-13(6-4-11)19-9-10-20-14-17-16-12(2)18(14)8-7-15/h3-6H,7-10,15H2,1-2H3. The first kappa shape index (κ1) is 15.4. The van der Waals surface area contributed by atoms with E-state index in [9.17, 15) is 0 Å². The molecule has 0 atom stereocenters. The maximum absolute atomic E-state index is 5.61. The molecule has 0 aliphatic rings. The van der Waals surface area contributed by atoms with Gasteiger partial charge in [0.1, 0.15) is 5.82 Å². The lowest BCUT2D eigenvalue weighted by Crippen LogP contribution is -2.12. The van der Waals surface area contributed by atoms with Crippen LogP contribution in [0.15, 0.2) is 34.3 Å². The highest BCUT2D eigenvalue weighted by molar-refractivity contribution is 8.02. The maximum Gasteiger partial charge on any atom is 0.191 e. The molecule has 20 heavy (non-hydrogen) atoms. The number of aromatic nitrogens is 3. The molecule has 0 bridgehead atoms. The molecule has 0 aliphatic heterocycles. The summed E-state index contributed by atoms with van der Waals surface area (Å²) in [5, 5.41) is 9.28. The molecule has 2 rings (SSSR count). The van der Waals surface area contributed by atoms with Crippen LogP contribution in [0.3, 0.4) is 0 Å². The molecule has 0 amide bonds. The summed E-state index contributed by atoms with van der Waals surface area (Å²) in [4.78, 5) is 1.32. The van der Waals surface area contributed by atoms with Crippen LogP contribution >= 0.6 is 23.5 Å². The van der Waals surface area contributed by atoms with Crippen molar-refractivity contribution in [3.05, 3.63) is 35.7 Å². The van der Waals surface area contributed by atoms with Crippen molar-refractivity contribution >= 4 is 23.5 Å². The summed E-state index contributed by atoms with van der Waals surface area (Å²) in [5.41, 5.74) is 6.91. The fourth-order valence-corrected chi connectivity index (χ4v) is 3.67. The molecule has 4 nitrogen and oxygen atoms in total. The summed E-state index contributed by atoms with van der Waals surface area (Å²) < 4.78 is 2.08. The summed E-state index contributed by atoms with van der Waals surface area (Å²) in [7, 11) is 0. The normalized spacial score (nSPS) is 10.9. The van der Waals surface area contributed by atoms with Crippen LogP contribution in [0.2, 0.25) is 0 Å². The van der Waals surface area contributed by atoms with Crippen LogP contribution in [0, 0.1) is 13.8 Å². The van der Waals surface area contributed by atoms with E-state index in [2.05, 4.69) is 46.0 Å². The van der Waals surface area contributed by atoms with Gasteiger partial charge in [0.2, 0.25) is 0 Å². The molecule has 0 unspecified atom stereocenters. The second kappa shape index (κ2) is 7.71. The molecular weight excluding hydrogens is 288 g/mol. The van der Waals surface area contributed by atoms with Crippen molar-refractivity contribution in [1.82, 2.24) is 14.8 Å². The second-order valence-electron chi connectivity index (χ2n) is 4.48. The fourth-order valence-electron chi connectivity index (χ4n) is 1.78. The fraction of sp³-hybridized carbons (Fsp3) is 0.429. The van der Waals surface area contributed by atoms with E-state index in [1.54, 1.807) is 11.8 Å². The minimum Gasteiger partial charge on any atom is -0.329 e. The third kappa shape index (κ3) is 4.26. The number of hydrogen-bond donors (Lipinski definition) is 1. The molecule has 0 aliphatic carbocycles. The zero-order valence-corrected chi connectivity index (χ0v) is 13.5. The Kier molecular flexibility index (Phi) is 5.94. The first-order valence-electron chi connectivity index (χ1n) is 6.63. The smallest absolute Gasteiger partial charge is 0.191 e. The number of thioether (sulfide) groups is 2. The molecule has 2 aromatic rings. The SMILES string of the molecule is Cc1ccc(SCCSc2nnc(C)n2CCN)cc1. The van der Waals surface area contributed by atoms with Crippen molar-refractivity contribution in [2.24, 2.45) is 5.73 Å². The van der Waals surface area contributed by atoms with E-state index >= 15 is 0 Å². The lowest BCUT2D eigenvalue weighted by atomic mass is 10.2. The summed E-state index contributed by atoms with van der Waals surface area (Å²) in [5.74, 6) is 3.01. The molecule has 0 fully saturated rings. The van der Waals surface area contributed by atoms with Gasteiger partial charge in [-0.25, -0.2) is 0 Å². The molecule has 0 saturated heterocycles. The summed E-state index contributed by atoms with van der Waals surface area (Å²) in [6, 6.07) is 8.64. The topological polar surface area (TPSA) is 56.7 Å². The Morgan fingerprint density at radius 3 is 2.45 bits per heavy atom. The maximum atomic E-state index is 5.61. The van der Waals surface area contributed by atoms with Crippen LogP contribution in [0.1, 0.15) is 11.4 Å². The average Bonchev–Trinajstić information content (AvgIpc) is 2.79. The number of rotatable bonds is 7. The van der Waals surface area contributed by atoms with Gasteiger partial charge >= 0.3 is 0 Å². The van der Waals surface area contributed by atoms with Gasteiger partial charge in [-0.2, -0.15) is 0 Å². The first-order chi connectivity index (χ1) is 9.70. The van der Waals surface area contributed by atoms with Crippen LogP contribution in [0.25, 0.3) is 0 Å². The van der Waals surface area contributed by atoms with Crippen LogP contribution in [-0.2, 0) is 6.54 Å². The predicted octanol–water partition coefficient (Wildman–Crippen LogP) is 2.74. The molecule has 1 aromatic heterocycles. The van der Waals surface area contributed by atoms with Gasteiger partial charge in [0.15, 0.2) is 5.16 Å². The van der Waals surface area contributed by atoms with E-state index in [0.717, 1.165) is 29.0 Å². The van der Waals surface area contributed by atoms with Crippen molar-refractivity contribution in [3.8, 4) is 0 Å². The van der Waals surface area contributed by atoms with Crippen molar-refractivity contribution in [1.29, 1.82) is 0 Å². The summed E-state index contributed by atoms with van der Waals surface area (Å²) in [6.45, 7) is 5.47. The Balaban J connectivity index is 1.80. The highest BCUT2D eigenvalue weighted by Gasteiger charge is 2.08. The molecular formula is C14H20N4S2. The van der Waals surface area contributed by atoms with Crippen molar-refractivity contribution in [3.63, 3.8) is 0 Å². The predicted molar refractivity (Wildman–Crippen MR) is 86.4 cm³/mol. The number of aryl methyl sites for hydroxylation is 2.